The van der Waals surface area contributed by atoms with Crippen LogP contribution in [0.4, 0.5) is 0 Å². The molecule has 1 aromatic carbocycles. The Labute approximate surface area is 120 Å². The quantitative estimate of drug-likeness (QED) is 0.597. The Bertz CT molecular complexity index is 549. The van der Waals surface area contributed by atoms with Crippen molar-refractivity contribution in [3.63, 3.8) is 0 Å². The number of rotatable bonds is 7. The van der Waals surface area contributed by atoms with E-state index in [-0.39, 0.29) is 6.54 Å². The van der Waals surface area contributed by atoms with Crippen LogP contribution in [0.2, 0.25) is 0 Å². The van der Waals surface area contributed by atoms with Gasteiger partial charge in [0.15, 0.2) is 0 Å². The van der Waals surface area contributed by atoms with Crippen LogP contribution in [0.15, 0.2) is 30.8 Å². The van der Waals surface area contributed by atoms with Crippen LogP contribution in [0.5, 0.6) is 0 Å². The van der Waals surface area contributed by atoms with E-state index < -0.39 is 22.0 Å². The molecule has 0 aliphatic heterocycles. The van der Waals surface area contributed by atoms with Gasteiger partial charge in [-0.25, -0.2) is 8.42 Å². The molecule has 0 aliphatic carbocycles. The molecule has 0 aliphatic rings. The third-order valence-electron chi connectivity index (χ3n) is 2.93. The van der Waals surface area contributed by atoms with Crippen LogP contribution in [0.25, 0.3) is 6.08 Å². The molecule has 0 amide bonds. The van der Waals surface area contributed by atoms with E-state index in [4.69, 9.17) is 0 Å². The molecule has 112 valence electrons. The molecule has 1 unspecified atom stereocenters. The van der Waals surface area contributed by atoms with Crippen LogP contribution >= 0.6 is 0 Å². The number of hydrogen-bond donors (Lipinski definition) is 1. The molecule has 20 heavy (non-hydrogen) atoms. The zero-order valence-electron chi connectivity index (χ0n) is 11.8. The molecule has 1 aromatic rings. The van der Waals surface area contributed by atoms with E-state index >= 15 is 0 Å². The average molecular weight is 299 g/mol. The number of benzene rings is 1. The van der Waals surface area contributed by atoms with Crippen molar-refractivity contribution < 1.29 is 22.6 Å². The Balaban J connectivity index is 2.66. The van der Waals surface area contributed by atoms with Crippen molar-refractivity contribution in [1.82, 2.24) is 0 Å². The van der Waals surface area contributed by atoms with E-state index in [1.807, 2.05) is 38.4 Å². The van der Waals surface area contributed by atoms with Crippen molar-refractivity contribution in [2.45, 2.75) is 12.6 Å². The molecular formula is C14H21NO4S. The Morgan fingerprint density at radius 2 is 1.90 bits per heavy atom. The SMILES string of the molecule is C=Cc1ccc(C[N+](C)(C)CC(O)CS(=O)(=O)[O-])cc1. The molecule has 0 saturated carbocycles. The molecule has 1 rings (SSSR count). The maximum Gasteiger partial charge on any atom is 0.116 e. The standard InChI is InChI=1S/C14H21NO4S/c1-4-12-5-7-13(8-6-12)9-15(2,3)10-14(16)11-20(17,18)19/h4-8,14,16H,1,9-11H2,2-3H3. The number of aliphatic hydroxyl groups is 1. The van der Waals surface area contributed by atoms with Gasteiger partial charge in [-0.05, 0) is 5.56 Å². The molecule has 0 spiro atoms. The van der Waals surface area contributed by atoms with Crippen molar-refractivity contribution in [3.8, 4) is 0 Å². The van der Waals surface area contributed by atoms with Crippen LogP contribution in [0, 0.1) is 0 Å². The van der Waals surface area contributed by atoms with Gasteiger partial charge in [0.25, 0.3) is 0 Å². The van der Waals surface area contributed by atoms with E-state index in [9.17, 15) is 18.1 Å². The van der Waals surface area contributed by atoms with E-state index in [1.54, 1.807) is 6.08 Å². The highest BCUT2D eigenvalue weighted by atomic mass is 32.2. The summed E-state index contributed by atoms with van der Waals surface area (Å²) in [6.45, 7) is 4.52. The first-order valence-electron chi connectivity index (χ1n) is 6.26. The van der Waals surface area contributed by atoms with Gasteiger partial charge in [-0.15, -0.1) is 0 Å². The number of likely N-dealkylation sites (N-methyl/N-ethyl adjacent to an activating group) is 1. The second kappa shape index (κ2) is 6.49. The molecule has 0 saturated heterocycles. The smallest absolute Gasteiger partial charge is 0.116 e. The Morgan fingerprint density at radius 3 is 2.35 bits per heavy atom. The second-order valence-corrected chi connectivity index (χ2v) is 7.05. The number of aliphatic hydroxyl groups excluding tert-OH is 1. The molecule has 6 heteroatoms. The van der Waals surface area contributed by atoms with Crippen LogP contribution in [-0.4, -0.2) is 55.1 Å². The molecule has 1 atom stereocenters. The second-order valence-electron chi connectivity index (χ2n) is 5.60. The highest BCUT2D eigenvalue weighted by molar-refractivity contribution is 7.85. The lowest BCUT2D eigenvalue weighted by molar-refractivity contribution is -0.906. The normalized spacial score (nSPS) is 14.0. The summed E-state index contributed by atoms with van der Waals surface area (Å²) in [5.74, 6) is -0.746. The lowest BCUT2D eigenvalue weighted by atomic mass is 10.1. The minimum Gasteiger partial charge on any atom is -0.748 e. The number of quaternary nitrogens is 1. The topological polar surface area (TPSA) is 77.4 Å². The molecule has 0 heterocycles. The summed E-state index contributed by atoms with van der Waals surface area (Å²) in [6.07, 6.45) is 0.604. The zero-order chi connectivity index (χ0) is 15.4. The first kappa shape index (κ1) is 16.8. The predicted molar refractivity (Wildman–Crippen MR) is 77.8 cm³/mol. The fourth-order valence-electron chi connectivity index (χ4n) is 2.18. The van der Waals surface area contributed by atoms with Crippen LogP contribution in [0.1, 0.15) is 11.1 Å². The molecule has 0 fully saturated rings. The van der Waals surface area contributed by atoms with Crippen molar-refractivity contribution in [1.29, 1.82) is 0 Å². The van der Waals surface area contributed by atoms with Gasteiger partial charge in [-0.1, -0.05) is 36.9 Å². The summed E-state index contributed by atoms with van der Waals surface area (Å²) in [7, 11) is -0.645. The largest absolute Gasteiger partial charge is 0.748 e. The summed E-state index contributed by atoms with van der Waals surface area (Å²) >= 11 is 0. The van der Waals surface area contributed by atoms with Crippen molar-refractivity contribution >= 4 is 16.2 Å². The predicted octanol–water partition coefficient (Wildman–Crippen LogP) is 0.812. The lowest BCUT2D eigenvalue weighted by Crippen LogP contribution is -2.46. The highest BCUT2D eigenvalue weighted by Crippen LogP contribution is 2.12. The van der Waals surface area contributed by atoms with Gasteiger partial charge in [0, 0.05) is 5.56 Å². The van der Waals surface area contributed by atoms with Crippen LogP contribution in [-0.2, 0) is 16.7 Å². The summed E-state index contributed by atoms with van der Waals surface area (Å²) in [5.41, 5.74) is 2.09. The van der Waals surface area contributed by atoms with Crippen LogP contribution in [0.3, 0.4) is 0 Å². The average Bonchev–Trinajstić information content (AvgIpc) is 2.25. The number of nitrogens with zero attached hydrogens (tertiary/aromatic N) is 1. The van der Waals surface area contributed by atoms with Crippen LogP contribution < -0.4 is 0 Å². The molecule has 0 radical (unpaired) electrons. The Morgan fingerprint density at radius 1 is 1.35 bits per heavy atom. The lowest BCUT2D eigenvalue weighted by Gasteiger charge is -2.32. The van der Waals surface area contributed by atoms with Crippen molar-refractivity contribution in [2.75, 3.05) is 26.4 Å². The van der Waals surface area contributed by atoms with E-state index in [1.165, 1.54) is 0 Å². The fraction of sp³-hybridized carbons (Fsp3) is 0.429. The summed E-state index contributed by atoms with van der Waals surface area (Å²) in [6, 6.07) is 7.82. The van der Waals surface area contributed by atoms with Gasteiger partial charge >= 0.3 is 0 Å². The summed E-state index contributed by atoms with van der Waals surface area (Å²) < 4.78 is 32.3. The molecule has 1 N–H and O–H groups in total. The van der Waals surface area contributed by atoms with Crippen molar-refractivity contribution in [2.24, 2.45) is 0 Å². The monoisotopic (exact) mass is 299 g/mol. The zero-order valence-corrected chi connectivity index (χ0v) is 12.6. The Kier molecular flexibility index (Phi) is 5.47. The minimum absolute atomic E-state index is 0.199. The van der Waals surface area contributed by atoms with Gasteiger partial charge in [-0.2, -0.15) is 0 Å². The molecule has 0 aromatic heterocycles. The highest BCUT2D eigenvalue weighted by Gasteiger charge is 2.22. The van der Waals surface area contributed by atoms with Gasteiger partial charge in [0.1, 0.15) is 19.2 Å². The van der Waals surface area contributed by atoms with Gasteiger partial charge in [-0.3, -0.25) is 0 Å². The third-order valence-corrected chi connectivity index (χ3v) is 3.72. The van der Waals surface area contributed by atoms with E-state index in [0.29, 0.717) is 11.0 Å². The molecule has 0 bridgehead atoms. The number of hydrogen-bond acceptors (Lipinski definition) is 4. The fourth-order valence-corrected chi connectivity index (χ4v) is 2.75. The van der Waals surface area contributed by atoms with Crippen molar-refractivity contribution in [3.05, 3.63) is 42.0 Å². The maximum atomic E-state index is 10.6. The first-order chi connectivity index (χ1) is 9.11. The first-order valence-corrected chi connectivity index (χ1v) is 7.84. The minimum atomic E-state index is -4.40. The Hall–Kier alpha value is -1.21. The van der Waals surface area contributed by atoms with Gasteiger partial charge < -0.3 is 14.1 Å². The third kappa shape index (κ3) is 6.29. The summed E-state index contributed by atoms with van der Waals surface area (Å²) in [5, 5.41) is 9.67. The molecule has 5 nitrogen and oxygen atoms in total. The van der Waals surface area contributed by atoms with Gasteiger partial charge in [0.2, 0.25) is 0 Å². The van der Waals surface area contributed by atoms with E-state index in [2.05, 4.69) is 6.58 Å². The maximum absolute atomic E-state index is 10.6. The van der Waals surface area contributed by atoms with E-state index in [0.717, 1.165) is 11.1 Å². The summed E-state index contributed by atoms with van der Waals surface area (Å²) in [4.78, 5) is 0. The molecular weight excluding hydrogens is 278 g/mol. The van der Waals surface area contributed by atoms with Gasteiger partial charge in [0.05, 0.1) is 30.0 Å².